The summed E-state index contributed by atoms with van der Waals surface area (Å²) < 4.78 is 0. The predicted molar refractivity (Wildman–Crippen MR) is 108 cm³/mol. The van der Waals surface area contributed by atoms with E-state index in [1.165, 1.54) is 0 Å². The first kappa shape index (κ1) is 20.2. The highest BCUT2D eigenvalue weighted by atomic mass is 35.5. The molecule has 0 bridgehead atoms. The molecule has 0 saturated heterocycles. The van der Waals surface area contributed by atoms with Crippen LogP contribution in [0.1, 0.15) is 22.4 Å². The largest absolute Gasteiger partial charge is 0.355 e. The van der Waals surface area contributed by atoms with Crippen LogP contribution in [0, 0.1) is 25.2 Å². The van der Waals surface area contributed by atoms with E-state index in [0.29, 0.717) is 18.5 Å². The summed E-state index contributed by atoms with van der Waals surface area (Å²) in [6.07, 6.45) is 0.689. The fourth-order valence-corrected chi connectivity index (χ4v) is 2.69. The summed E-state index contributed by atoms with van der Waals surface area (Å²) in [7, 11) is 0. The van der Waals surface area contributed by atoms with Crippen LogP contribution in [0.2, 0.25) is 5.02 Å². The Hall–Kier alpha value is -3.16. The normalized spacial score (nSPS) is 9.56. The minimum Gasteiger partial charge on any atom is -0.355 e. The second-order valence-electron chi connectivity index (χ2n) is 5.93. The molecule has 1 amide bonds. The molecule has 0 atom stereocenters. The van der Waals surface area contributed by atoms with Crippen molar-refractivity contribution >= 4 is 18.0 Å². The SMILES string of the molecule is Cc1cc(Cl)ccc1CNC=O.Cc1cccc(-c2cccc(C#N)c2)n1. The van der Waals surface area contributed by atoms with Gasteiger partial charge in [0.2, 0.25) is 6.41 Å². The van der Waals surface area contributed by atoms with Gasteiger partial charge >= 0.3 is 0 Å². The number of benzene rings is 2. The lowest BCUT2D eigenvalue weighted by atomic mass is 10.1. The van der Waals surface area contributed by atoms with Crippen molar-refractivity contribution in [2.75, 3.05) is 0 Å². The molecule has 0 radical (unpaired) electrons. The molecule has 136 valence electrons. The molecule has 1 heterocycles. The number of nitrogens with one attached hydrogen (secondary N) is 1. The number of carbonyl (C=O) groups is 1. The summed E-state index contributed by atoms with van der Waals surface area (Å²) >= 11 is 5.76. The van der Waals surface area contributed by atoms with Gasteiger partial charge in [-0.05, 0) is 61.4 Å². The first-order valence-electron chi connectivity index (χ1n) is 8.39. The molecule has 1 N–H and O–H groups in total. The summed E-state index contributed by atoms with van der Waals surface area (Å²) in [6, 6.07) is 21.1. The van der Waals surface area contributed by atoms with Crippen molar-refractivity contribution in [2.24, 2.45) is 0 Å². The number of carbonyl (C=O) groups excluding carboxylic acids is 1. The number of hydrogen-bond donors (Lipinski definition) is 1. The number of rotatable bonds is 4. The maximum atomic E-state index is 10.0. The summed E-state index contributed by atoms with van der Waals surface area (Å²) in [6.45, 7) is 4.48. The van der Waals surface area contributed by atoms with E-state index in [0.717, 1.165) is 33.1 Å². The molecule has 5 heteroatoms. The van der Waals surface area contributed by atoms with Crippen LogP contribution >= 0.6 is 11.6 Å². The Morgan fingerprint density at radius 1 is 1.11 bits per heavy atom. The second kappa shape index (κ2) is 10.1. The van der Waals surface area contributed by atoms with Gasteiger partial charge in [0.25, 0.3) is 0 Å². The van der Waals surface area contributed by atoms with Gasteiger partial charge in [-0.3, -0.25) is 9.78 Å². The fourth-order valence-electron chi connectivity index (χ4n) is 2.46. The molecular weight excluding hydrogens is 358 g/mol. The third kappa shape index (κ3) is 6.25. The van der Waals surface area contributed by atoms with Crippen LogP contribution in [-0.4, -0.2) is 11.4 Å². The number of halogens is 1. The minimum atomic E-state index is 0.562. The maximum Gasteiger partial charge on any atom is 0.207 e. The van der Waals surface area contributed by atoms with Gasteiger partial charge in [-0.25, -0.2) is 0 Å². The van der Waals surface area contributed by atoms with Crippen molar-refractivity contribution in [1.29, 1.82) is 5.26 Å². The summed E-state index contributed by atoms with van der Waals surface area (Å²) in [5, 5.41) is 12.1. The van der Waals surface area contributed by atoms with Crippen molar-refractivity contribution < 1.29 is 4.79 Å². The summed E-state index contributed by atoms with van der Waals surface area (Å²) in [4.78, 5) is 14.4. The molecule has 3 rings (SSSR count). The Kier molecular flexibility index (Phi) is 7.54. The lowest BCUT2D eigenvalue weighted by molar-refractivity contribution is -0.109. The quantitative estimate of drug-likeness (QED) is 0.662. The monoisotopic (exact) mass is 377 g/mol. The van der Waals surface area contributed by atoms with E-state index >= 15 is 0 Å². The Balaban J connectivity index is 0.000000199. The smallest absolute Gasteiger partial charge is 0.207 e. The van der Waals surface area contributed by atoms with Gasteiger partial charge in [-0.15, -0.1) is 0 Å². The molecule has 0 aliphatic rings. The van der Waals surface area contributed by atoms with E-state index in [1.54, 1.807) is 6.07 Å². The molecule has 0 saturated carbocycles. The summed E-state index contributed by atoms with van der Waals surface area (Å²) in [5.74, 6) is 0. The number of nitrogens with zero attached hydrogens (tertiary/aromatic N) is 2. The van der Waals surface area contributed by atoms with Crippen LogP contribution in [0.15, 0.2) is 60.7 Å². The Morgan fingerprint density at radius 2 is 1.89 bits per heavy atom. The number of hydrogen-bond acceptors (Lipinski definition) is 3. The zero-order valence-electron chi connectivity index (χ0n) is 15.2. The maximum absolute atomic E-state index is 10.0. The lowest BCUT2D eigenvalue weighted by Crippen LogP contribution is -2.10. The van der Waals surface area contributed by atoms with Crippen LogP contribution < -0.4 is 5.32 Å². The van der Waals surface area contributed by atoms with E-state index in [9.17, 15) is 4.79 Å². The average molecular weight is 378 g/mol. The minimum absolute atomic E-state index is 0.562. The second-order valence-corrected chi connectivity index (χ2v) is 6.36. The number of aromatic nitrogens is 1. The number of amides is 1. The number of nitriles is 1. The molecule has 0 aliphatic heterocycles. The molecule has 0 spiro atoms. The highest BCUT2D eigenvalue weighted by molar-refractivity contribution is 6.30. The molecule has 0 fully saturated rings. The van der Waals surface area contributed by atoms with E-state index in [-0.39, 0.29) is 0 Å². The molecular formula is C22H20ClN3O. The van der Waals surface area contributed by atoms with Gasteiger partial charge in [0, 0.05) is 22.8 Å². The highest BCUT2D eigenvalue weighted by Crippen LogP contribution is 2.18. The van der Waals surface area contributed by atoms with E-state index in [2.05, 4.69) is 16.4 Å². The van der Waals surface area contributed by atoms with Gasteiger partial charge in [0.1, 0.15) is 0 Å². The van der Waals surface area contributed by atoms with E-state index < -0.39 is 0 Å². The standard InChI is InChI=1S/C13H10N2.C9H10ClNO/c1-10-4-2-7-13(15-10)12-6-3-5-11(8-12)9-14;1-7-4-9(10)3-2-8(7)5-11-6-12/h2-8H,1H3;2-4,6H,5H2,1H3,(H,11,12). The third-order valence-corrected chi connectivity index (χ3v) is 4.09. The van der Waals surface area contributed by atoms with Crippen LogP contribution in [0.4, 0.5) is 0 Å². The number of pyridine rings is 1. The molecule has 27 heavy (non-hydrogen) atoms. The van der Waals surface area contributed by atoms with Gasteiger partial charge in [0.05, 0.1) is 17.3 Å². The first-order valence-corrected chi connectivity index (χ1v) is 8.77. The van der Waals surface area contributed by atoms with Crippen molar-refractivity contribution in [1.82, 2.24) is 10.3 Å². The Labute approximate surface area is 164 Å². The highest BCUT2D eigenvalue weighted by Gasteiger charge is 2.00. The molecule has 2 aromatic carbocycles. The van der Waals surface area contributed by atoms with E-state index in [1.807, 2.05) is 68.4 Å². The van der Waals surface area contributed by atoms with Crippen LogP contribution in [-0.2, 0) is 11.3 Å². The molecule has 0 aliphatic carbocycles. The average Bonchev–Trinajstić information content (AvgIpc) is 2.68. The molecule has 1 aromatic heterocycles. The Morgan fingerprint density at radius 3 is 2.56 bits per heavy atom. The third-order valence-electron chi connectivity index (χ3n) is 3.86. The van der Waals surface area contributed by atoms with Crippen LogP contribution in [0.25, 0.3) is 11.3 Å². The molecule has 4 nitrogen and oxygen atoms in total. The van der Waals surface area contributed by atoms with Gasteiger partial charge in [-0.1, -0.05) is 35.9 Å². The van der Waals surface area contributed by atoms with Crippen molar-refractivity contribution in [3.8, 4) is 17.3 Å². The molecule has 0 unspecified atom stereocenters. The van der Waals surface area contributed by atoms with Gasteiger partial charge in [-0.2, -0.15) is 5.26 Å². The van der Waals surface area contributed by atoms with Crippen LogP contribution in [0.3, 0.4) is 0 Å². The fraction of sp³-hybridized carbons (Fsp3) is 0.136. The number of aryl methyl sites for hydroxylation is 2. The summed E-state index contributed by atoms with van der Waals surface area (Å²) in [5.41, 5.74) is 5.72. The van der Waals surface area contributed by atoms with Crippen molar-refractivity contribution in [3.63, 3.8) is 0 Å². The van der Waals surface area contributed by atoms with Crippen molar-refractivity contribution in [2.45, 2.75) is 20.4 Å². The first-order chi connectivity index (χ1) is 13.0. The topological polar surface area (TPSA) is 65.8 Å². The zero-order chi connectivity index (χ0) is 19.6. The lowest BCUT2D eigenvalue weighted by Gasteiger charge is -2.04. The Bertz CT molecular complexity index is 964. The molecule has 3 aromatic rings. The van der Waals surface area contributed by atoms with Crippen LogP contribution in [0.5, 0.6) is 0 Å². The predicted octanol–water partition coefficient (Wildman–Crippen LogP) is 4.82. The van der Waals surface area contributed by atoms with Gasteiger partial charge in [0.15, 0.2) is 0 Å². The van der Waals surface area contributed by atoms with Gasteiger partial charge < -0.3 is 5.32 Å². The zero-order valence-corrected chi connectivity index (χ0v) is 16.0. The van der Waals surface area contributed by atoms with E-state index in [4.69, 9.17) is 16.9 Å². The van der Waals surface area contributed by atoms with Crippen molar-refractivity contribution in [3.05, 3.63) is 88.1 Å².